The second-order valence-electron chi connectivity index (χ2n) is 5.98. The zero-order chi connectivity index (χ0) is 13.4. The Morgan fingerprint density at radius 3 is 2.63 bits per heavy atom. The molecule has 1 saturated carbocycles. The van der Waals surface area contributed by atoms with Crippen molar-refractivity contribution in [2.45, 2.75) is 38.3 Å². The number of hydrogen-bond donors (Lipinski definition) is 1. The molecule has 2 unspecified atom stereocenters. The lowest BCUT2D eigenvalue weighted by molar-refractivity contribution is 0.347. The Morgan fingerprint density at radius 1 is 1.16 bits per heavy atom. The van der Waals surface area contributed by atoms with Gasteiger partial charge >= 0.3 is 0 Å². The Balaban J connectivity index is 1.74. The third-order valence-corrected chi connectivity index (χ3v) is 3.96. The molecule has 3 rings (SSSR count). The molecule has 0 bridgehead atoms. The van der Waals surface area contributed by atoms with Gasteiger partial charge in [0, 0.05) is 31.2 Å². The summed E-state index contributed by atoms with van der Waals surface area (Å²) < 4.78 is 26.8. The summed E-state index contributed by atoms with van der Waals surface area (Å²) in [5.74, 6) is -0.451. The van der Waals surface area contributed by atoms with Crippen molar-refractivity contribution in [2.75, 3.05) is 18.0 Å². The molecule has 2 aliphatic rings. The summed E-state index contributed by atoms with van der Waals surface area (Å²) in [6.45, 7) is 3.84. The highest BCUT2D eigenvalue weighted by molar-refractivity contribution is 5.48. The fourth-order valence-electron chi connectivity index (χ4n) is 2.99. The molecule has 0 spiro atoms. The van der Waals surface area contributed by atoms with Gasteiger partial charge in [-0.1, -0.05) is 6.92 Å². The third kappa shape index (κ3) is 3.06. The van der Waals surface area contributed by atoms with Crippen molar-refractivity contribution in [3.8, 4) is 0 Å². The molecule has 1 heterocycles. The van der Waals surface area contributed by atoms with E-state index in [1.807, 2.05) is 4.90 Å². The number of nitrogens with one attached hydrogen (secondary N) is 1. The molecule has 4 heteroatoms. The normalized spacial score (nSPS) is 27.6. The van der Waals surface area contributed by atoms with E-state index in [2.05, 4.69) is 12.2 Å². The predicted molar refractivity (Wildman–Crippen MR) is 72.3 cm³/mol. The van der Waals surface area contributed by atoms with Gasteiger partial charge in [0.1, 0.15) is 11.6 Å². The van der Waals surface area contributed by atoms with Crippen LogP contribution in [0.15, 0.2) is 18.2 Å². The van der Waals surface area contributed by atoms with E-state index in [1.54, 1.807) is 6.07 Å². The Bertz CT molecular complexity index is 457. The van der Waals surface area contributed by atoms with Gasteiger partial charge in [-0.3, -0.25) is 0 Å². The molecule has 1 aromatic rings. The van der Waals surface area contributed by atoms with Gasteiger partial charge < -0.3 is 10.2 Å². The number of hydrogen-bond acceptors (Lipinski definition) is 2. The summed E-state index contributed by atoms with van der Waals surface area (Å²) in [7, 11) is 0. The standard InChI is InChI=1S/C15H20F2N2/c1-10-6-13(18-12-3-4-12)9-19(8-10)15-5-2-11(16)7-14(15)17/h2,5,7,10,12-13,18H,3-4,6,8-9H2,1H3. The fraction of sp³-hybridized carbons (Fsp3) is 0.600. The maximum atomic E-state index is 13.9. The van der Waals surface area contributed by atoms with Gasteiger partial charge in [0.15, 0.2) is 0 Å². The predicted octanol–water partition coefficient (Wildman–Crippen LogP) is 2.93. The molecule has 104 valence electrons. The van der Waals surface area contributed by atoms with Crippen LogP contribution in [-0.4, -0.2) is 25.2 Å². The van der Waals surface area contributed by atoms with E-state index in [4.69, 9.17) is 0 Å². The van der Waals surface area contributed by atoms with Crippen LogP contribution in [0.5, 0.6) is 0 Å². The topological polar surface area (TPSA) is 15.3 Å². The lowest BCUT2D eigenvalue weighted by atomic mass is 9.95. The van der Waals surface area contributed by atoms with Crippen LogP contribution >= 0.6 is 0 Å². The van der Waals surface area contributed by atoms with Gasteiger partial charge in [0.2, 0.25) is 0 Å². The Hall–Kier alpha value is -1.16. The lowest BCUT2D eigenvalue weighted by Gasteiger charge is -2.38. The van der Waals surface area contributed by atoms with Crippen molar-refractivity contribution in [1.82, 2.24) is 5.32 Å². The first kappa shape index (κ1) is 12.9. The third-order valence-electron chi connectivity index (χ3n) is 3.96. The van der Waals surface area contributed by atoms with Crippen molar-refractivity contribution in [3.63, 3.8) is 0 Å². The molecule has 2 atom stereocenters. The number of rotatable bonds is 3. The van der Waals surface area contributed by atoms with E-state index < -0.39 is 11.6 Å². The molecule has 19 heavy (non-hydrogen) atoms. The van der Waals surface area contributed by atoms with Crippen molar-refractivity contribution in [1.29, 1.82) is 0 Å². The first-order valence-electron chi connectivity index (χ1n) is 7.08. The summed E-state index contributed by atoms with van der Waals surface area (Å²) in [6.07, 6.45) is 3.65. The molecule has 1 aliphatic carbocycles. The summed E-state index contributed by atoms with van der Waals surface area (Å²) in [5, 5.41) is 3.62. The van der Waals surface area contributed by atoms with E-state index in [0.29, 0.717) is 23.7 Å². The van der Waals surface area contributed by atoms with E-state index >= 15 is 0 Å². The van der Waals surface area contributed by atoms with Gasteiger partial charge in [-0.05, 0) is 37.3 Å². The van der Waals surface area contributed by atoms with E-state index in [1.165, 1.54) is 18.9 Å². The van der Waals surface area contributed by atoms with Crippen LogP contribution < -0.4 is 10.2 Å². The Labute approximate surface area is 112 Å². The average molecular weight is 266 g/mol. The highest BCUT2D eigenvalue weighted by atomic mass is 19.1. The van der Waals surface area contributed by atoms with Crippen LogP contribution in [0.4, 0.5) is 14.5 Å². The van der Waals surface area contributed by atoms with Crippen LogP contribution in [0.3, 0.4) is 0 Å². The summed E-state index contributed by atoms with van der Waals surface area (Å²) in [5.41, 5.74) is 0.524. The number of anilines is 1. The zero-order valence-electron chi connectivity index (χ0n) is 11.2. The van der Waals surface area contributed by atoms with Crippen LogP contribution in [0.1, 0.15) is 26.2 Å². The van der Waals surface area contributed by atoms with E-state index in [-0.39, 0.29) is 0 Å². The Kier molecular flexibility index (Phi) is 3.44. The first-order valence-corrected chi connectivity index (χ1v) is 7.08. The van der Waals surface area contributed by atoms with Crippen molar-refractivity contribution < 1.29 is 8.78 Å². The van der Waals surface area contributed by atoms with Gasteiger partial charge in [-0.2, -0.15) is 0 Å². The highest BCUT2D eigenvalue weighted by Gasteiger charge is 2.30. The van der Waals surface area contributed by atoms with Crippen molar-refractivity contribution in [3.05, 3.63) is 29.8 Å². The molecule has 1 aliphatic heterocycles. The molecule has 0 radical (unpaired) electrons. The van der Waals surface area contributed by atoms with Crippen molar-refractivity contribution >= 4 is 5.69 Å². The largest absolute Gasteiger partial charge is 0.367 e. The maximum absolute atomic E-state index is 13.9. The molecule has 1 saturated heterocycles. The molecule has 0 amide bonds. The molecule has 0 aromatic heterocycles. The van der Waals surface area contributed by atoms with Gasteiger partial charge in [0.25, 0.3) is 0 Å². The molecular weight excluding hydrogens is 246 g/mol. The fourth-order valence-corrected chi connectivity index (χ4v) is 2.99. The van der Waals surface area contributed by atoms with Crippen LogP contribution in [0.25, 0.3) is 0 Å². The van der Waals surface area contributed by atoms with Gasteiger partial charge in [0.05, 0.1) is 5.69 Å². The second kappa shape index (κ2) is 5.08. The van der Waals surface area contributed by atoms with Crippen LogP contribution in [0.2, 0.25) is 0 Å². The summed E-state index contributed by atoms with van der Waals surface area (Å²) in [6, 6.07) is 4.94. The minimum atomic E-state index is -0.515. The molecule has 2 fully saturated rings. The maximum Gasteiger partial charge on any atom is 0.149 e. The molecule has 2 nitrogen and oxygen atoms in total. The number of piperidine rings is 1. The average Bonchev–Trinajstić information content (AvgIpc) is 3.12. The van der Waals surface area contributed by atoms with Crippen molar-refractivity contribution in [2.24, 2.45) is 5.92 Å². The number of benzene rings is 1. The second-order valence-corrected chi connectivity index (χ2v) is 5.98. The van der Waals surface area contributed by atoms with Gasteiger partial charge in [-0.15, -0.1) is 0 Å². The molecule has 1 aromatic carbocycles. The minimum Gasteiger partial charge on any atom is -0.367 e. The minimum absolute atomic E-state index is 0.417. The zero-order valence-corrected chi connectivity index (χ0v) is 11.2. The van der Waals surface area contributed by atoms with E-state index in [9.17, 15) is 8.78 Å². The van der Waals surface area contributed by atoms with Gasteiger partial charge in [-0.25, -0.2) is 8.78 Å². The van der Waals surface area contributed by atoms with Crippen LogP contribution in [-0.2, 0) is 0 Å². The SMILES string of the molecule is CC1CC(NC2CC2)CN(c2ccc(F)cc2F)C1. The summed E-state index contributed by atoms with van der Waals surface area (Å²) >= 11 is 0. The lowest BCUT2D eigenvalue weighted by Crippen LogP contribution is -2.49. The molecular formula is C15H20F2N2. The number of halogens is 2. The summed E-state index contributed by atoms with van der Waals surface area (Å²) in [4.78, 5) is 2.04. The monoisotopic (exact) mass is 266 g/mol. The smallest absolute Gasteiger partial charge is 0.149 e. The highest BCUT2D eigenvalue weighted by Crippen LogP contribution is 2.28. The first-order chi connectivity index (χ1) is 9.11. The Morgan fingerprint density at radius 2 is 1.95 bits per heavy atom. The van der Waals surface area contributed by atoms with Crippen LogP contribution in [0, 0.1) is 17.6 Å². The molecule has 1 N–H and O–H groups in total. The number of nitrogens with zero attached hydrogens (tertiary/aromatic N) is 1. The quantitative estimate of drug-likeness (QED) is 0.905. The van der Waals surface area contributed by atoms with E-state index in [0.717, 1.165) is 25.6 Å².